The highest BCUT2D eigenvalue weighted by atomic mass is 35.5. The normalized spacial score (nSPS) is 17.0. The Balaban J connectivity index is 0.000000186. The van der Waals surface area contributed by atoms with Crippen molar-refractivity contribution >= 4 is 91.9 Å². The molecule has 3 aliphatic rings. The molecule has 3 fully saturated rings. The number of benzene rings is 3. The number of aromatic nitrogens is 12. The molecule has 0 spiro atoms. The second kappa shape index (κ2) is 32.4. The minimum absolute atomic E-state index is 0. The standard InChI is InChI=1S/C23H27ClN6O2.C23H29N7O3.C21H24ClN7O2.2CH4/c1-3-4-5-19(31)28(2)16-10-12-18(13-11-16)30-22-20(21(25)26-14-27-22)29(23(30)32)17-8-6-15(24)7-9-17;1-15-7-8-16(12-18(15)33-4)29-20-21(24)25-14-26-22(20)30(23(29)32)17-9-11-28(13-17)19(31)6-5-10-27(2)3;1-26(2)10-3-4-17(30)27-11-9-16(12-27)29-20-18(19(23)24-13-25-20)28(21(29)31)15-7-5-14(22)6-8-15;;/h4-9,14,16,18H,3,10-13H2,1-2H3,(H2,25,26,27);5-8,12,14,17H,9-11,13H2,1-4H3,(H2,24,25,26);3-8,13,16H,9-12H2,1-2H3,(H2,23,24,25);2*1H4/b5-4+;6-5+;4-3+;;. The maximum absolute atomic E-state index is 13.7. The predicted octanol–water partition coefficient (Wildman–Crippen LogP) is 8.08. The summed E-state index contributed by atoms with van der Waals surface area (Å²) < 4.78 is 15.0. The molecule has 2 unspecified atom stereocenters. The Labute approximate surface area is 578 Å². The fourth-order valence-electron chi connectivity index (χ4n) is 12.5. The molecule has 3 amide bonds. The number of aryl methyl sites for hydroxylation is 1. The highest BCUT2D eigenvalue weighted by molar-refractivity contribution is 6.30. The predicted molar refractivity (Wildman–Crippen MR) is 387 cm³/mol. The number of nitrogens with two attached hydrogens (primary N) is 3. The van der Waals surface area contributed by atoms with Crippen LogP contribution >= 0.6 is 23.2 Å². The third-order valence-electron chi connectivity index (χ3n) is 17.4. The summed E-state index contributed by atoms with van der Waals surface area (Å²) >= 11 is 12.0. The monoisotopic (exact) mass is 1380 g/mol. The Bertz CT molecular complexity index is 4600. The summed E-state index contributed by atoms with van der Waals surface area (Å²) in [5.41, 5.74) is 23.4. The number of halogens is 2. The van der Waals surface area contributed by atoms with Gasteiger partial charge in [0.1, 0.15) is 41.3 Å². The maximum Gasteiger partial charge on any atom is 0.335 e. The molecular weight excluding hydrogens is 1290 g/mol. The number of nitrogen functional groups attached to an aromatic ring is 3. The number of carbonyl (C=O) groups is 3. The summed E-state index contributed by atoms with van der Waals surface area (Å²) in [6, 6.07) is 19.2. The number of carbonyl (C=O) groups excluding carboxylic acids is 3. The van der Waals surface area contributed by atoms with E-state index in [1.54, 1.807) is 108 Å². The van der Waals surface area contributed by atoms with Gasteiger partial charge in [0.2, 0.25) is 17.7 Å². The van der Waals surface area contributed by atoms with Crippen LogP contribution in [0.25, 0.3) is 50.6 Å². The van der Waals surface area contributed by atoms with E-state index >= 15 is 0 Å². The lowest BCUT2D eigenvalue weighted by Crippen LogP contribution is -2.40. The fourth-order valence-corrected chi connectivity index (χ4v) is 12.8. The summed E-state index contributed by atoms with van der Waals surface area (Å²) in [4.78, 5) is 113. The van der Waals surface area contributed by atoms with Gasteiger partial charge < -0.3 is 46.4 Å². The third kappa shape index (κ3) is 15.7. The van der Waals surface area contributed by atoms with Crippen LogP contribution in [0.3, 0.4) is 0 Å². The summed E-state index contributed by atoms with van der Waals surface area (Å²) in [5.74, 6) is 1.25. The van der Waals surface area contributed by atoms with E-state index in [2.05, 4.69) is 29.9 Å². The minimum atomic E-state index is -0.273. The number of hydrogen-bond donors (Lipinski definition) is 3. The lowest BCUT2D eigenvalue weighted by molar-refractivity contribution is -0.127. The molecule has 0 radical (unpaired) electrons. The van der Waals surface area contributed by atoms with Crippen LogP contribution in [0.2, 0.25) is 10.0 Å². The van der Waals surface area contributed by atoms with E-state index in [1.165, 1.54) is 28.1 Å². The van der Waals surface area contributed by atoms with E-state index in [4.69, 9.17) is 45.1 Å². The van der Waals surface area contributed by atoms with Gasteiger partial charge in [0, 0.05) is 86.7 Å². The first-order chi connectivity index (χ1) is 46.1. The maximum atomic E-state index is 13.7. The molecule has 9 aromatic rings. The van der Waals surface area contributed by atoms with Crippen molar-refractivity contribution in [3.8, 4) is 22.8 Å². The van der Waals surface area contributed by atoms with Gasteiger partial charge in [-0.2, -0.15) is 0 Å². The Kier molecular flexibility index (Phi) is 24.4. The topological polar surface area (TPSA) is 313 Å². The Hall–Kier alpha value is -9.96. The number of hydrogen-bond acceptors (Lipinski definition) is 18. The molecule has 8 heterocycles. The molecule has 3 aromatic carbocycles. The molecule has 6 aromatic heterocycles. The second-order valence-electron chi connectivity index (χ2n) is 24.4. The highest BCUT2D eigenvalue weighted by Gasteiger charge is 2.35. The molecule has 29 heteroatoms. The van der Waals surface area contributed by atoms with Gasteiger partial charge >= 0.3 is 17.1 Å². The smallest absolute Gasteiger partial charge is 0.335 e. The van der Waals surface area contributed by atoms with Crippen LogP contribution < -0.4 is 39.0 Å². The molecular formula is C69H88Cl2N20O7. The van der Waals surface area contributed by atoms with E-state index in [1.807, 2.05) is 94.1 Å². The number of amides is 3. The Morgan fingerprint density at radius 3 is 1.32 bits per heavy atom. The molecule has 1 aliphatic carbocycles. The first kappa shape index (κ1) is 73.8. The number of ether oxygens (including phenoxy) is 1. The van der Waals surface area contributed by atoms with Crippen molar-refractivity contribution in [3.05, 3.63) is 169 Å². The first-order valence-corrected chi connectivity index (χ1v) is 32.4. The SMILES string of the molecule is C.C.CC/C=C/C(=O)N(C)C1CCC(n2c(=O)n(-c3ccc(Cl)cc3)c3c(N)ncnc32)CC1.CN(C)C/C=C/C(=O)N1CCC(n2c(=O)n(-c3ccc(Cl)cc3)c3c(N)ncnc32)C1.COc1cc(-n2c(=O)n(C3CCN(C(=O)/C=C/CN(C)C)C3)c3ncnc(N)c32)ccc1C. The van der Waals surface area contributed by atoms with Gasteiger partial charge in [-0.05, 0) is 146 Å². The molecule has 2 aliphatic heterocycles. The summed E-state index contributed by atoms with van der Waals surface area (Å²) in [5, 5.41) is 1.15. The molecule has 6 N–H and O–H groups in total. The van der Waals surface area contributed by atoms with Crippen LogP contribution in [0.5, 0.6) is 5.75 Å². The summed E-state index contributed by atoms with van der Waals surface area (Å²) in [6.07, 6.45) is 19.7. The van der Waals surface area contributed by atoms with E-state index in [0.717, 1.165) is 37.7 Å². The second-order valence-corrected chi connectivity index (χ2v) is 25.2. The minimum Gasteiger partial charge on any atom is -0.496 e. The number of likely N-dealkylation sites (N-methyl/N-ethyl adjacent to an activating group) is 3. The fraction of sp³-hybridized carbons (Fsp3) is 0.391. The van der Waals surface area contributed by atoms with Crippen molar-refractivity contribution in [3.63, 3.8) is 0 Å². The first-order valence-electron chi connectivity index (χ1n) is 31.6. The van der Waals surface area contributed by atoms with Gasteiger partial charge in [0.05, 0.1) is 36.3 Å². The number of likely N-dealkylation sites (tertiary alicyclic amines) is 2. The zero-order chi connectivity index (χ0) is 68.6. The van der Waals surface area contributed by atoms with Crippen LogP contribution in [0.4, 0.5) is 17.5 Å². The van der Waals surface area contributed by atoms with E-state index < -0.39 is 0 Å². The van der Waals surface area contributed by atoms with Crippen LogP contribution in [0.1, 0.15) is 90.4 Å². The summed E-state index contributed by atoms with van der Waals surface area (Å²) in [7, 11) is 11.2. The van der Waals surface area contributed by atoms with Gasteiger partial charge in [-0.25, -0.2) is 44.3 Å². The van der Waals surface area contributed by atoms with Gasteiger partial charge in [-0.3, -0.25) is 41.8 Å². The molecule has 12 rings (SSSR count). The van der Waals surface area contributed by atoms with E-state index in [0.29, 0.717) is 118 Å². The number of imidazole rings is 3. The number of anilines is 3. The quantitative estimate of drug-likeness (QED) is 0.0770. The highest BCUT2D eigenvalue weighted by Crippen LogP contribution is 2.35. The zero-order valence-electron chi connectivity index (χ0n) is 55.0. The van der Waals surface area contributed by atoms with Crippen molar-refractivity contribution in [2.45, 2.75) is 97.8 Å². The molecule has 0 bridgehead atoms. The lowest BCUT2D eigenvalue weighted by atomic mass is 9.90. The van der Waals surface area contributed by atoms with Gasteiger partial charge in [0.25, 0.3) is 0 Å². The van der Waals surface area contributed by atoms with E-state index in [-0.39, 0.29) is 91.3 Å². The van der Waals surface area contributed by atoms with Crippen molar-refractivity contribution in [2.24, 2.45) is 0 Å². The number of methoxy groups -OCH3 is 1. The van der Waals surface area contributed by atoms with Crippen LogP contribution in [0.15, 0.2) is 137 Å². The lowest BCUT2D eigenvalue weighted by Gasteiger charge is -2.34. The molecule has 520 valence electrons. The number of nitrogens with zero attached hydrogens (tertiary/aromatic N) is 17. The Morgan fingerprint density at radius 1 is 0.541 bits per heavy atom. The number of fused-ring (bicyclic) bond motifs is 3. The van der Waals surface area contributed by atoms with Crippen molar-refractivity contribution in [2.75, 3.05) is 98.8 Å². The van der Waals surface area contributed by atoms with Gasteiger partial charge in [-0.1, -0.05) is 69.3 Å². The zero-order valence-corrected chi connectivity index (χ0v) is 56.5. The molecule has 98 heavy (non-hydrogen) atoms. The average molecular weight is 1380 g/mol. The molecule has 2 saturated heterocycles. The van der Waals surface area contributed by atoms with Crippen LogP contribution in [0, 0.1) is 6.92 Å². The number of allylic oxidation sites excluding steroid dienone is 1. The van der Waals surface area contributed by atoms with Crippen LogP contribution in [-0.2, 0) is 14.4 Å². The molecule has 2 atom stereocenters. The Morgan fingerprint density at radius 2 is 0.929 bits per heavy atom. The van der Waals surface area contributed by atoms with E-state index in [9.17, 15) is 28.8 Å². The van der Waals surface area contributed by atoms with Crippen molar-refractivity contribution in [1.29, 1.82) is 0 Å². The molecule has 1 saturated carbocycles. The van der Waals surface area contributed by atoms with Gasteiger partial charge in [0.15, 0.2) is 34.4 Å². The third-order valence-corrected chi connectivity index (χ3v) is 17.9. The van der Waals surface area contributed by atoms with Crippen molar-refractivity contribution in [1.82, 2.24) is 81.8 Å². The van der Waals surface area contributed by atoms with Crippen molar-refractivity contribution < 1.29 is 19.1 Å². The largest absolute Gasteiger partial charge is 0.496 e. The van der Waals surface area contributed by atoms with Gasteiger partial charge in [-0.15, -0.1) is 0 Å². The number of rotatable bonds is 16. The summed E-state index contributed by atoms with van der Waals surface area (Å²) in [6.45, 7) is 7.29. The average Bonchev–Trinajstić information content (AvgIpc) is 1.61. The molecule has 27 nitrogen and oxygen atoms in total. The van der Waals surface area contributed by atoms with Crippen LogP contribution in [-0.4, -0.2) is 187 Å².